The number of rotatable bonds is 6. The highest BCUT2D eigenvalue weighted by Crippen LogP contribution is 2.31. The quantitative estimate of drug-likeness (QED) is 0.504. The molecular formula is C26H28N2O4S. The molecule has 1 heterocycles. The molecule has 0 spiro atoms. The van der Waals surface area contributed by atoms with Crippen LogP contribution in [0.1, 0.15) is 37.0 Å². The van der Waals surface area contributed by atoms with Gasteiger partial charge >= 0.3 is 0 Å². The van der Waals surface area contributed by atoms with Crippen LogP contribution in [0.15, 0.2) is 71.6 Å². The SMILES string of the molecule is CCN(C(=O)C1CCN(S(=O)(=O)c2ccc(C(C)=O)cc2)CC1)c1cccc2ccccc12. The highest BCUT2D eigenvalue weighted by molar-refractivity contribution is 7.89. The molecule has 172 valence electrons. The Morgan fingerprint density at radius 1 is 0.939 bits per heavy atom. The lowest BCUT2D eigenvalue weighted by molar-refractivity contribution is -0.123. The molecule has 0 atom stereocenters. The lowest BCUT2D eigenvalue weighted by Crippen LogP contribution is -2.44. The maximum atomic E-state index is 13.4. The van der Waals surface area contributed by atoms with Crippen LogP contribution in [-0.4, -0.2) is 44.0 Å². The van der Waals surface area contributed by atoms with Gasteiger partial charge in [0.2, 0.25) is 15.9 Å². The summed E-state index contributed by atoms with van der Waals surface area (Å²) in [5, 5.41) is 2.11. The average Bonchev–Trinajstić information content (AvgIpc) is 2.84. The lowest BCUT2D eigenvalue weighted by atomic mass is 9.95. The first kappa shape index (κ1) is 23.1. The number of anilines is 1. The van der Waals surface area contributed by atoms with Crippen LogP contribution in [0.4, 0.5) is 5.69 Å². The van der Waals surface area contributed by atoms with Crippen molar-refractivity contribution in [3.05, 3.63) is 72.3 Å². The fourth-order valence-electron chi connectivity index (χ4n) is 4.46. The van der Waals surface area contributed by atoms with Crippen LogP contribution in [-0.2, 0) is 14.8 Å². The van der Waals surface area contributed by atoms with E-state index in [4.69, 9.17) is 0 Å². The van der Waals surface area contributed by atoms with Crippen molar-refractivity contribution in [2.24, 2.45) is 5.92 Å². The van der Waals surface area contributed by atoms with E-state index >= 15 is 0 Å². The number of nitrogens with zero attached hydrogens (tertiary/aromatic N) is 2. The van der Waals surface area contributed by atoms with Crippen molar-refractivity contribution in [3.8, 4) is 0 Å². The molecule has 7 heteroatoms. The van der Waals surface area contributed by atoms with Gasteiger partial charge in [-0.15, -0.1) is 0 Å². The lowest BCUT2D eigenvalue weighted by Gasteiger charge is -2.33. The monoisotopic (exact) mass is 464 g/mol. The van der Waals surface area contributed by atoms with Gasteiger partial charge in [-0.2, -0.15) is 4.31 Å². The molecule has 0 radical (unpaired) electrons. The normalized spacial score (nSPS) is 15.5. The minimum atomic E-state index is -3.66. The third-order valence-electron chi connectivity index (χ3n) is 6.34. The number of piperidine rings is 1. The summed E-state index contributed by atoms with van der Waals surface area (Å²) >= 11 is 0. The number of amides is 1. The second-order valence-electron chi connectivity index (χ2n) is 8.34. The van der Waals surface area contributed by atoms with Crippen molar-refractivity contribution in [1.82, 2.24) is 4.31 Å². The number of benzene rings is 3. The average molecular weight is 465 g/mol. The van der Waals surface area contributed by atoms with Crippen LogP contribution in [0, 0.1) is 5.92 Å². The first-order chi connectivity index (χ1) is 15.8. The van der Waals surface area contributed by atoms with Gasteiger partial charge in [0.25, 0.3) is 0 Å². The highest BCUT2D eigenvalue weighted by atomic mass is 32.2. The maximum Gasteiger partial charge on any atom is 0.243 e. The first-order valence-electron chi connectivity index (χ1n) is 11.2. The standard InChI is InChI=1S/C26H28N2O4S/c1-3-28(25-10-6-8-21-7-4-5-9-24(21)25)26(30)22-15-17-27(18-16-22)33(31,32)23-13-11-20(12-14-23)19(2)29/h4-14,22H,3,15-18H2,1-2H3. The van der Waals surface area contributed by atoms with Crippen molar-refractivity contribution in [2.45, 2.75) is 31.6 Å². The number of hydrogen-bond donors (Lipinski definition) is 0. The van der Waals surface area contributed by atoms with Gasteiger partial charge in [0.15, 0.2) is 5.78 Å². The fourth-order valence-corrected chi connectivity index (χ4v) is 5.93. The van der Waals surface area contributed by atoms with E-state index in [2.05, 4.69) is 0 Å². The van der Waals surface area contributed by atoms with Crippen molar-refractivity contribution in [2.75, 3.05) is 24.5 Å². The number of fused-ring (bicyclic) bond motifs is 1. The molecule has 1 aliphatic rings. The number of carbonyl (C=O) groups is 2. The number of Topliss-reactive ketones (excluding diaryl/α,β-unsaturated/α-hetero) is 1. The predicted molar refractivity (Wildman–Crippen MR) is 130 cm³/mol. The molecule has 1 saturated heterocycles. The van der Waals surface area contributed by atoms with Gasteiger partial charge in [-0.25, -0.2) is 8.42 Å². The van der Waals surface area contributed by atoms with E-state index in [1.165, 1.54) is 35.5 Å². The van der Waals surface area contributed by atoms with Crippen LogP contribution in [0.25, 0.3) is 10.8 Å². The number of ketones is 1. The molecule has 6 nitrogen and oxygen atoms in total. The van der Waals surface area contributed by atoms with Gasteiger partial charge in [-0.1, -0.05) is 48.5 Å². The molecule has 0 saturated carbocycles. The summed E-state index contributed by atoms with van der Waals surface area (Å²) in [5.74, 6) is -0.294. The molecule has 4 rings (SSSR count). The van der Waals surface area contributed by atoms with Crippen molar-refractivity contribution < 1.29 is 18.0 Å². The van der Waals surface area contributed by atoms with Gasteiger partial charge in [0.05, 0.1) is 10.6 Å². The summed E-state index contributed by atoms with van der Waals surface area (Å²) in [6.07, 6.45) is 0.954. The van der Waals surface area contributed by atoms with Crippen LogP contribution in [0.3, 0.4) is 0 Å². The fraction of sp³-hybridized carbons (Fsp3) is 0.308. The summed E-state index contributed by atoms with van der Waals surface area (Å²) in [7, 11) is -3.66. The van der Waals surface area contributed by atoms with Crippen LogP contribution in [0.5, 0.6) is 0 Å². The minimum absolute atomic E-state index is 0.0386. The first-order valence-corrected chi connectivity index (χ1v) is 12.7. The molecule has 0 aliphatic carbocycles. The molecule has 3 aromatic carbocycles. The molecule has 0 aromatic heterocycles. The smallest absolute Gasteiger partial charge is 0.243 e. The number of hydrogen-bond acceptors (Lipinski definition) is 4. The molecule has 1 fully saturated rings. The molecule has 33 heavy (non-hydrogen) atoms. The van der Waals surface area contributed by atoms with E-state index in [0.29, 0.717) is 38.0 Å². The molecule has 1 aliphatic heterocycles. The van der Waals surface area contributed by atoms with Gasteiger partial charge < -0.3 is 4.90 Å². The topological polar surface area (TPSA) is 74.8 Å². The van der Waals surface area contributed by atoms with E-state index in [1.807, 2.05) is 54.3 Å². The van der Waals surface area contributed by atoms with Crippen molar-refractivity contribution in [1.29, 1.82) is 0 Å². The molecular weight excluding hydrogens is 436 g/mol. The summed E-state index contributed by atoms with van der Waals surface area (Å²) in [5.41, 5.74) is 1.37. The van der Waals surface area contributed by atoms with E-state index in [0.717, 1.165) is 16.5 Å². The number of sulfonamides is 1. The largest absolute Gasteiger partial charge is 0.312 e. The van der Waals surface area contributed by atoms with E-state index < -0.39 is 10.0 Å². The van der Waals surface area contributed by atoms with Gasteiger partial charge in [-0.3, -0.25) is 9.59 Å². The van der Waals surface area contributed by atoms with Gasteiger partial charge in [-0.05, 0) is 50.3 Å². The van der Waals surface area contributed by atoms with Crippen LogP contribution >= 0.6 is 0 Å². The third kappa shape index (κ3) is 4.56. The molecule has 1 amide bonds. The Morgan fingerprint density at radius 3 is 2.21 bits per heavy atom. The third-order valence-corrected chi connectivity index (χ3v) is 8.25. The Bertz CT molecular complexity index is 1270. The highest BCUT2D eigenvalue weighted by Gasteiger charge is 2.34. The van der Waals surface area contributed by atoms with Crippen molar-refractivity contribution in [3.63, 3.8) is 0 Å². The van der Waals surface area contributed by atoms with E-state index in [1.54, 1.807) is 0 Å². The van der Waals surface area contributed by atoms with Crippen LogP contribution < -0.4 is 4.90 Å². The number of carbonyl (C=O) groups excluding carboxylic acids is 2. The Balaban J connectivity index is 1.48. The zero-order chi connectivity index (χ0) is 23.6. The summed E-state index contributed by atoms with van der Waals surface area (Å²) in [6, 6.07) is 20.0. The van der Waals surface area contributed by atoms with Gasteiger partial charge in [0.1, 0.15) is 0 Å². The minimum Gasteiger partial charge on any atom is -0.312 e. The Hall–Kier alpha value is -3.03. The van der Waals surface area contributed by atoms with Crippen molar-refractivity contribution >= 4 is 38.2 Å². The zero-order valence-electron chi connectivity index (χ0n) is 18.9. The van der Waals surface area contributed by atoms with Gasteiger partial charge in [0, 0.05) is 36.5 Å². The molecule has 0 N–H and O–H groups in total. The molecule has 0 bridgehead atoms. The predicted octanol–water partition coefficient (Wildman–Crippen LogP) is 4.50. The van der Waals surface area contributed by atoms with Crippen LogP contribution in [0.2, 0.25) is 0 Å². The maximum absolute atomic E-state index is 13.4. The second-order valence-corrected chi connectivity index (χ2v) is 10.3. The summed E-state index contributed by atoms with van der Waals surface area (Å²) < 4.78 is 27.5. The van der Waals surface area contributed by atoms with E-state index in [-0.39, 0.29) is 22.5 Å². The summed E-state index contributed by atoms with van der Waals surface area (Å²) in [6.45, 7) is 4.54. The van der Waals surface area contributed by atoms with E-state index in [9.17, 15) is 18.0 Å². The zero-order valence-corrected chi connectivity index (χ0v) is 19.7. The second kappa shape index (κ2) is 9.45. The Morgan fingerprint density at radius 2 is 1.58 bits per heavy atom. The Labute approximate surface area is 194 Å². The Kier molecular flexibility index (Phi) is 6.63. The molecule has 3 aromatic rings. The molecule has 0 unspecified atom stereocenters. The summed E-state index contributed by atoms with van der Waals surface area (Å²) in [4.78, 5) is 26.9.